The average molecular weight is 392 g/mol. The van der Waals surface area contributed by atoms with E-state index in [1.54, 1.807) is 12.1 Å². The van der Waals surface area contributed by atoms with Crippen LogP contribution in [0.5, 0.6) is 5.75 Å². The van der Waals surface area contributed by atoms with Gasteiger partial charge < -0.3 is 14.8 Å². The Morgan fingerprint density at radius 3 is 2.58 bits per heavy atom. The van der Waals surface area contributed by atoms with E-state index in [-0.39, 0.29) is 33.1 Å². The average Bonchev–Trinajstić information content (AvgIpc) is 3.16. The summed E-state index contributed by atoms with van der Waals surface area (Å²) in [5.41, 5.74) is 1.46. The van der Waals surface area contributed by atoms with Crippen LogP contribution in [0.25, 0.3) is 22.3 Å². The van der Waals surface area contributed by atoms with Gasteiger partial charge in [-0.3, -0.25) is 4.79 Å². The lowest BCUT2D eigenvalue weighted by Gasteiger charge is -2.08. The summed E-state index contributed by atoms with van der Waals surface area (Å²) in [6.45, 7) is 0. The molecule has 0 fully saturated rings. The maximum Gasteiger partial charge on any atom is 0.308 e. The lowest BCUT2D eigenvalue weighted by Crippen LogP contribution is -2.13. The molecule has 130 valence electrons. The van der Waals surface area contributed by atoms with E-state index >= 15 is 0 Å². The predicted molar refractivity (Wildman–Crippen MR) is 94.5 cm³/mol. The van der Waals surface area contributed by atoms with E-state index in [0.29, 0.717) is 16.3 Å². The van der Waals surface area contributed by atoms with Gasteiger partial charge in [0, 0.05) is 35.3 Å². The Kier molecular flexibility index (Phi) is 3.90. The third-order valence-corrected chi connectivity index (χ3v) is 4.49. The quantitative estimate of drug-likeness (QED) is 0.492. The molecule has 1 amide bonds. The zero-order chi connectivity index (χ0) is 18.4. The van der Waals surface area contributed by atoms with Gasteiger partial charge in [-0.1, -0.05) is 23.2 Å². The third kappa shape index (κ3) is 2.71. The number of fused-ring (bicyclic) bond motifs is 2. The second-order valence-electron chi connectivity index (χ2n) is 5.40. The number of rotatable bonds is 3. The number of nitrogens with zero attached hydrogens (tertiary/aromatic N) is 2. The fraction of sp³-hybridized carbons (Fsp3) is 0. The molecule has 1 aromatic carbocycles. The molecule has 2 N–H and O–H groups in total. The van der Waals surface area contributed by atoms with Crippen molar-refractivity contribution in [3.8, 4) is 16.9 Å². The maximum atomic E-state index is 13.0. The molecule has 0 atom stereocenters. The van der Waals surface area contributed by atoms with Crippen LogP contribution in [-0.4, -0.2) is 21.0 Å². The number of aromatic hydroxyl groups is 1. The summed E-state index contributed by atoms with van der Waals surface area (Å²) in [6.07, 6.45) is 1.50. The molecule has 0 spiro atoms. The van der Waals surface area contributed by atoms with E-state index < -0.39 is 12.0 Å². The van der Waals surface area contributed by atoms with Crippen LogP contribution in [0, 0.1) is 6.08 Å². The lowest BCUT2D eigenvalue weighted by atomic mass is 10.0. The topological polar surface area (TPSA) is 88.3 Å². The number of halogens is 3. The van der Waals surface area contributed by atoms with Gasteiger partial charge in [0.1, 0.15) is 5.58 Å². The van der Waals surface area contributed by atoms with Gasteiger partial charge in [-0.25, -0.2) is 9.97 Å². The van der Waals surface area contributed by atoms with Gasteiger partial charge in [-0.15, -0.1) is 0 Å². The van der Waals surface area contributed by atoms with Crippen molar-refractivity contribution in [3.05, 3.63) is 58.3 Å². The van der Waals surface area contributed by atoms with E-state index in [1.165, 1.54) is 24.5 Å². The van der Waals surface area contributed by atoms with Crippen molar-refractivity contribution in [2.75, 3.05) is 5.32 Å². The molecule has 9 heteroatoms. The van der Waals surface area contributed by atoms with Gasteiger partial charge in [-0.05, 0) is 18.2 Å². The Bertz CT molecular complexity index is 1130. The van der Waals surface area contributed by atoms with Crippen LogP contribution < -0.4 is 5.32 Å². The fourth-order valence-electron chi connectivity index (χ4n) is 2.63. The SMILES string of the molecule is O=C(Nc1ccc(Cl)c(Cl)c1)c1c(-c2cnc(F)nc2)c2oc1cc2O. The molecular formula is C17H8Cl2FN3O3. The highest BCUT2D eigenvalue weighted by atomic mass is 35.5. The first-order valence-corrected chi connectivity index (χ1v) is 8.02. The largest absolute Gasteiger partial charge is 0.504 e. The van der Waals surface area contributed by atoms with Crippen LogP contribution >= 0.6 is 23.2 Å². The summed E-state index contributed by atoms with van der Waals surface area (Å²) >= 11 is 11.8. The number of carbonyl (C=O) groups excluding carboxylic acids is 1. The first-order valence-electron chi connectivity index (χ1n) is 7.26. The van der Waals surface area contributed by atoms with Crippen molar-refractivity contribution < 1.29 is 18.7 Å². The van der Waals surface area contributed by atoms with Crippen LogP contribution in [-0.2, 0) is 0 Å². The molecule has 3 aromatic heterocycles. The second-order valence-corrected chi connectivity index (χ2v) is 6.21. The number of hydrogen-bond acceptors (Lipinski definition) is 5. The van der Waals surface area contributed by atoms with E-state index in [2.05, 4.69) is 15.3 Å². The number of nitrogens with one attached hydrogen (secondary N) is 1. The molecule has 0 aliphatic carbocycles. The highest BCUT2D eigenvalue weighted by Crippen LogP contribution is 2.42. The van der Waals surface area contributed by atoms with Gasteiger partial charge >= 0.3 is 6.08 Å². The minimum absolute atomic E-state index is 0.0921. The first-order chi connectivity index (χ1) is 12.4. The standard InChI is InChI=1S/C17H8Cl2FN3O3/c18-9-2-1-8(3-10(9)19)23-16(25)14-12-4-11(24)15(26-12)13(14)7-5-21-17(20)22-6-7/h1-6,24H,(H,23,25). The third-order valence-electron chi connectivity index (χ3n) is 3.75. The van der Waals surface area contributed by atoms with E-state index in [1.807, 2.05) is 0 Å². The number of carbonyl (C=O) groups is 1. The normalized spacial score (nSPS) is 11.2. The number of amides is 1. The van der Waals surface area contributed by atoms with Crippen molar-refractivity contribution in [3.63, 3.8) is 0 Å². The summed E-state index contributed by atoms with van der Waals surface area (Å²) in [5, 5.41) is 13.3. The monoisotopic (exact) mass is 391 g/mol. The Morgan fingerprint density at radius 2 is 1.88 bits per heavy atom. The number of hydrogen-bond donors (Lipinski definition) is 2. The molecule has 0 aliphatic rings. The number of benzene rings is 2. The van der Waals surface area contributed by atoms with Crippen molar-refractivity contribution in [1.82, 2.24) is 9.97 Å². The van der Waals surface area contributed by atoms with Crippen molar-refractivity contribution in [2.45, 2.75) is 0 Å². The molecule has 26 heavy (non-hydrogen) atoms. The first kappa shape index (κ1) is 16.6. The highest BCUT2D eigenvalue weighted by Gasteiger charge is 2.27. The summed E-state index contributed by atoms with van der Waals surface area (Å²) in [6, 6.07) is 5.97. The van der Waals surface area contributed by atoms with Crippen LogP contribution in [0.3, 0.4) is 0 Å². The molecular weight excluding hydrogens is 384 g/mol. The second kappa shape index (κ2) is 6.12. The Balaban J connectivity index is 1.78. The van der Waals surface area contributed by atoms with Crippen LogP contribution in [0.2, 0.25) is 10.0 Å². The zero-order valence-corrected chi connectivity index (χ0v) is 14.3. The fourth-order valence-corrected chi connectivity index (χ4v) is 2.93. The Labute approximate surface area is 155 Å². The zero-order valence-electron chi connectivity index (χ0n) is 12.8. The molecule has 4 rings (SSSR count). The summed E-state index contributed by atoms with van der Waals surface area (Å²) in [4.78, 5) is 19.7. The van der Waals surface area contributed by atoms with E-state index in [0.717, 1.165) is 0 Å². The Morgan fingerprint density at radius 1 is 1.15 bits per heavy atom. The van der Waals surface area contributed by atoms with Crippen LogP contribution in [0.4, 0.5) is 10.1 Å². The number of aromatic nitrogens is 2. The molecule has 0 saturated heterocycles. The van der Waals surface area contributed by atoms with E-state index in [4.69, 9.17) is 27.6 Å². The van der Waals surface area contributed by atoms with Crippen molar-refractivity contribution in [2.24, 2.45) is 0 Å². The van der Waals surface area contributed by atoms with Crippen molar-refractivity contribution >= 4 is 46.0 Å². The van der Waals surface area contributed by atoms with Crippen LogP contribution in [0.15, 0.2) is 41.1 Å². The molecule has 4 aromatic rings. The minimum atomic E-state index is -0.905. The van der Waals surface area contributed by atoms with Crippen LogP contribution in [0.1, 0.15) is 10.4 Å². The molecule has 0 radical (unpaired) electrons. The van der Waals surface area contributed by atoms with Gasteiger partial charge in [-0.2, -0.15) is 4.39 Å². The number of phenols is 1. The number of furan rings is 2. The lowest BCUT2D eigenvalue weighted by molar-refractivity contribution is 0.102. The molecule has 2 bridgehead atoms. The highest BCUT2D eigenvalue weighted by molar-refractivity contribution is 6.42. The van der Waals surface area contributed by atoms with Gasteiger partial charge in [0.15, 0.2) is 11.3 Å². The molecule has 6 nitrogen and oxygen atoms in total. The minimum Gasteiger partial charge on any atom is -0.504 e. The van der Waals surface area contributed by atoms with Gasteiger partial charge in [0.2, 0.25) is 0 Å². The molecule has 0 saturated carbocycles. The molecule has 3 heterocycles. The summed E-state index contributed by atoms with van der Waals surface area (Å²) in [5.74, 6) is -0.637. The smallest absolute Gasteiger partial charge is 0.308 e. The van der Waals surface area contributed by atoms with Gasteiger partial charge in [0.05, 0.1) is 15.6 Å². The maximum absolute atomic E-state index is 13.0. The summed E-state index contributed by atoms with van der Waals surface area (Å²) in [7, 11) is 0. The van der Waals surface area contributed by atoms with E-state index in [9.17, 15) is 14.3 Å². The number of phenolic OH excluding ortho intramolecular Hbond substituents is 1. The van der Waals surface area contributed by atoms with Gasteiger partial charge in [0.25, 0.3) is 5.91 Å². The predicted octanol–water partition coefficient (Wildman–Crippen LogP) is 4.73. The molecule has 0 unspecified atom stereocenters. The number of anilines is 1. The Hall–Kier alpha value is -2.90. The van der Waals surface area contributed by atoms with Crippen molar-refractivity contribution in [1.29, 1.82) is 0 Å². The molecule has 0 aliphatic heterocycles. The summed E-state index contributed by atoms with van der Waals surface area (Å²) < 4.78 is 18.5.